The zero-order valence-electron chi connectivity index (χ0n) is 22.6. The van der Waals surface area contributed by atoms with E-state index in [9.17, 15) is 14.4 Å². The third-order valence-electron chi connectivity index (χ3n) is 8.22. The van der Waals surface area contributed by atoms with E-state index >= 15 is 0 Å². The molecule has 0 aromatic heterocycles. The summed E-state index contributed by atoms with van der Waals surface area (Å²) in [4.78, 5) is 43.1. The van der Waals surface area contributed by atoms with Crippen molar-refractivity contribution in [1.82, 2.24) is 4.90 Å². The highest BCUT2D eigenvalue weighted by atomic mass is 35.5. The molecule has 0 aliphatic carbocycles. The highest BCUT2D eigenvalue weighted by molar-refractivity contribution is 6.33. The minimum atomic E-state index is -1.08. The Bertz CT molecular complexity index is 1240. The van der Waals surface area contributed by atoms with Crippen LogP contribution in [0.4, 0.5) is 11.4 Å². The fourth-order valence-corrected chi connectivity index (χ4v) is 6.72. The van der Waals surface area contributed by atoms with Crippen LogP contribution in [0.5, 0.6) is 5.75 Å². The molecule has 40 heavy (non-hydrogen) atoms. The maximum Gasteiger partial charge on any atom is 0.250 e. The Hall–Kier alpha value is -3.14. The minimum Gasteiger partial charge on any atom is -0.494 e. The molecule has 2 aromatic rings. The van der Waals surface area contributed by atoms with Crippen molar-refractivity contribution in [2.75, 3.05) is 30.4 Å². The zero-order chi connectivity index (χ0) is 28.3. The Balaban J connectivity index is 1.39. The molecule has 10 heteroatoms. The van der Waals surface area contributed by atoms with Gasteiger partial charge in [-0.2, -0.15) is 0 Å². The van der Waals surface area contributed by atoms with Crippen molar-refractivity contribution in [3.8, 4) is 5.75 Å². The molecule has 3 heterocycles. The molecule has 5 atom stereocenters. The number of aliphatic hydroxyl groups is 1. The lowest BCUT2D eigenvalue weighted by atomic mass is 9.70. The molecule has 0 radical (unpaired) electrons. The second kappa shape index (κ2) is 12.2. The van der Waals surface area contributed by atoms with Gasteiger partial charge in [0.25, 0.3) is 0 Å². The van der Waals surface area contributed by atoms with Crippen LogP contribution >= 0.6 is 11.6 Å². The molecule has 3 amide bonds. The van der Waals surface area contributed by atoms with E-state index in [1.807, 2.05) is 6.92 Å². The second-order valence-corrected chi connectivity index (χ2v) is 11.0. The molecular formula is C30H36ClN3O6. The molecule has 2 unspecified atom stereocenters. The van der Waals surface area contributed by atoms with E-state index in [1.54, 1.807) is 53.4 Å². The zero-order valence-corrected chi connectivity index (χ0v) is 23.4. The van der Waals surface area contributed by atoms with E-state index < -0.39 is 29.6 Å². The Kier molecular flexibility index (Phi) is 8.63. The van der Waals surface area contributed by atoms with Crippen molar-refractivity contribution in [2.24, 2.45) is 11.8 Å². The number of fused-ring (bicyclic) bond motifs is 1. The van der Waals surface area contributed by atoms with Crippen LogP contribution in [0.2, 0.25) is 5.02 Å². The smallest absolute Gasteiger partial charge is 0.250 e. The first-order valence-electron chi connectivity index (χ1n) is 14.1. The number of nitrogens with zero attached hydrogens (tertiary/aromatic N) is 1. The number of hydrogen-bond donors (Lipinski definition) is 3. The Labute approximate surface area is 239 Å². The number of benzene rings is 2. The van der Waals surface area contributed by atoms with Crippen LogP contribution in [0.15, 0.2) is 48.5 Å². The van der Waals surface area contributed by atoms with E-state index in [-0.39, 0.29) is 24.3 Å². The summed E-state index contributed by atoms with van der Waals surface area (Å²) in [6.45, 7) is 2.93. The van der Waals surface area contributed by atoms with E-state index in [4.69, 9.17) is 26.2 Å². The molecule has 9 nitrogen and oxygen atoms in total. The third-order valence-corrected chi connectivity index (χ3v) is 8.55. The Morgan fingerprint density at radius 2 is 1.82 bits per heavy atom. The third kappa shape index (κ3) is 5.30. The lowest BCUT2D eigenvalue weighted by molar-refractivity contribution is -0.139. The number of unbranched alkanes of at least 4 members (excludes halogenated alkanes) is 3. The molecule has 1 spiro atoms. The van der Waals surface area contributed by atoms with Gasteiger partial charge in [0.15, 0.2) is 0 Å². The summed E-state index contributed by atoms with van der Waals surface area (Å²) < 4.78 is 12.0. The molecule has 0 saturated carbocycles. The standard InChI is InChI=1S/C30H36ClN3O6/c1-2-39-20-13-11-19(12-14-20)32-27(36)24-23-15-16-30(40-23)25(24)29(38)34(17-7-3-4-8-18-35)26(30)28(37)33-22-10-6-5-9-21(22)31/h5-6,9-14,23-26,35H,2-4,7-8,15-18H2,1H3,(H,32,36)(H,33,37)/t23-,24+,25+,26?,30?/m1/s1. The normalized spacial score (nSPS) is 26.6. The van der Waals surface area contributed by atoms with E-state index in [0.717, 1.165) is 12.8 Å². The number of nitrogens with one attached hydrogen (secondary N) is 2. The molecule has 3 saturated heterocycles. The summed E-state index contributed by atoms with van der Waals surface area (Å²) in [5.41, 5.74) is -0.0230. The maximum absolute atomic E-state index is 14.0. The molecule has 2 bridgehead atoms. The molecule has 3 aliphatic heterocycles. The van der Waals surface area contributed by atoms with E-state index in [1.165, 1.54) is 0 Å². The summed E-state index contributed by atoms with van der Waals surface area (Å²) >= 11 is 6.32. The average Bonchev–Trinajstić information content (AvgIpc) is 3.58. The largest absolute Gasteiger partial charge is 0.494 e. The number of aliphatic hydroxyl groups excluding tert-OH is 1. The number of carbonyl (C=O) groups is 3. The number of likely N-dealkylation sites (tertiary alicyclic amines) is 1. The van der Waals surface area contributed by atoms with Crippen LogP contribution in [0.1, 0.15) is 45.4 Å². The number of anilines is 2. The highest BCUT2D eigenvalue weighted by Crippen LogP contribution is 2.58. The van der Waals surface area contributed by atoms with Crippen LogP contribution < -0.4 is 15.4 Å². The van der Waals surface area contributed by atoms with Crippen LogP contribution in [0.25, 0.3) is 0 Å². The highest BCUT2D eigenvalue weighted by Gasteiger charge is 2.74. The number of ether oxygens (including phenoxy) is 2. The van der Waals surface area contributed by atoms with Gasteiger partial charge in [-0.3, -0.25) is 14.4 Å². The van der Waals surface area contributed by atoms with Crippen molar-refractivity contribution in [3.05, 3.63) is 53.6 Å². The van der Waals surface area contributed by atoms with Gasteiger partial charge >= 0.3 is 0 Å². The van der Waals surface area contributed by atoms with Crippen LogP contribution in [-0.2, 0) is 19.1 Å². The first-order valence-corrected chi connectivity index (χ1v) is 14.5. The number of rotatable bonds is 12. The number of amides is 3. The molecule has 3 aliphatic rings. The quantitative estimate of drug-likeness (QED) is 0.329. The van der Waals surface area contributed by atoms with Crippen molar-refractivity contribution in [3.63, 3.8) is 0 Å². The van der Waals surface area contributed by atoms with E-state index in [2.05, 4.69) is 10.6 Å². The average molecular weight is 570 g/mol. The first kappa shape index (κ1) is 28.4. The van der Waals surface area contributed by atoms with Crippen LogP contribution in [0, 0.1) is 11.8 Å². The SMILES string of the molecule is CCOc1ccc(NC(=O)[C@@H]2[C@H]3C(=O)N(CCCCCCO)C(C(=O)Nc4ccccc4Cl)C34CC[C@H]2O4)cc1. The number of carbonyl (C=O) groups excluding carboxylic acids is 3. The fraction of sp³-hybridized carbons (Fsp3) is 0.500. The molecule has 3 N–H and O–H groups in total. The van der Waals surface area contributed by atoms with Gasteiger partial charge in [0.2, 0.25) is 17.7 Å². The van der Waals surface area contributed by atoms with Crippen molar-refractivity contribution >= 4 is 40.7 Å². The Morgan fingerprint density at radius 3 is 2.55 bits per heavy atom. The molecule has 2 aromatic carbocycles. The monoisotopic (exact) mass is 569 g/mol. The van der Waals surface area contributed by atoms with Gasteiger partial charge < -0.3 is 30.1 Å². The predicted octanol–water partition coefficient (Wildman–Crippen LogP) is 4.24. The number of halogens is 1. The van der Waals surface area contributed by atoms with Gasteiger partial charge in [0.05, 0.1) is 35.3 Å². The first-order chi connectivity index (χ1) is 19.4. The molecule has 214 valence electrons. The van der Waals surface area contributed by atoms with Crippen molar-refractivity contribution < 1.29 is 29.0 Å². The summed E-state index contributed by atoms with van der Waals surface area (Å²) in [6.07, 6.45) is 3.67. The van der Waals surface area contributed by atoms with Gasteiger partial charge in [0, 0.05) is 18.8 Å². The van der Waals surface area contributed by atoms with Crippen LogP contribution in [0.3, 0.4) is 0 Å². The summed E-state index contributed by atoms with van der Waals surface area (Å²) in [7, 11) is 0. The van der Waals surface area contributed by atoms with Gasteiger partial charge in [-0.05, 0) is 69.0 Å². The summed E-state index contributed by atoms with van der Waals surface area (Å²) in [5, 5.41) is 15.4. The second-order valence-electron chi connectivity index (χ2n) is 10.6. The molecular weight excluding hydrogens is 534 g/mol. The molecule has 5 rings (SSSR count). The van der Waals surface area contributed by atoms with Gasteiger partial charge in [-0.1, -0.05) is 36.6 Å². The molecule has 3 fully saturated rings. The fourth-order valence-electron chi connectivity index (χ4n) is 6.53. The predicted molar refractivity (Wildman–Crippen MR) is 151 cm³/mol. The van der Waals surface area contributed by atoms with Gasteiger partial charge in [-0.15, -0.1) is 0 Å². The van der Waals surface area contributed by atoms with E-state index in [0.29, 0.717) is 61.0 Å². The van der Waals surface area contributed by atoms with Crippen LogP contribution in [-0.4, -0.2) is 65.2 Å². The Morgan fingerprint density at radius 1 is 1.07 bits per heavy atom. The maximum atomic E-state index is 14.0. The number of para-hydroxylation sites is 1. The van der Waals surface area contributed by atoms with Crippen molar-refractivity contribution in [2.45, 2.75) is 63.2 Å². The van der Waals surface area contributed by atoms with Crippen molar-refractivity contribution in [1.29, 1.82) is 0 Å². The number of hydrogen-bond acceptors (Lipinski definition) is 6. The lowest BCUT2D eigenvalue weighted by Gasteiger charge is -2.33. The van der Waals surface area contributed by atoms with Gasteiger partial charge in [-0.25, -0.2) is 0 Å². The lowest BCUT2D eigenvalue weighted by Crippen LogP contribution is -2.53. The topological polar surface area (TPSA) is 117 Å². The minimum absolute atomic E-state index is 0.122. The van der Waals surface area contributed by atoms with Gasteiger partial charge in [0.1, 0.15) is 17.4 Å². The summed E-state index contributed by atoms with van der Waals surface area (Å²) in [5.74, 6) is -1.64. The summed E-state index contributed by atoms with van der Waals surface area (Å²) in [6, 6.07) is 13.2.